The maximum atomic E-state index is 6.18. The van der Waals surface area contributed by atoms with E-state index < -0.39 is 0 Å². The molecule has 0 bridgehead atoms. The van der Waals surface area contributed by atoms with Crippen LogP contribution in [0.3, 0.4) is 0 Å². The van der Waals surface area contributed by atoms with E-state index in [9.17, 15) is 0 Å². The van der Waals surface area contributed by atoms with Crippen molar-refractivity contribution in [1.29, 1.82) is 0 Å². The minimum absolute atomic E-state index is 0.171. The van der Waals surface area contributed by atoms with E-state index in [-0.39, 0.29) is 11.2 Å². The van der Waals surface area contributed by atoms with E-state index in [0.29, 0.717) is 19.3 Å². The highest BCUT2D eigenvalue weighted by Crippen LogP contribution is 2.67. The quantitative estimate of drug-likeness (QED) is 0.385. The Labute approximate surface area is 124 Å². The Bertz CT molecular complexity index is 247. The van der Waals surface area contributed by atoms with E-state index in [1.165, 1.54) is 0 Å². The maximum absolute atomic E-state index is 6.18. The van der Waals surface area contributed by atoms with Gasteiger partial charge in [0.25, 0.3) is 0 Å². The van der Waals surface area contributed by atoms with Crippen LogP contribution in [0.2, 0.25) is 0 Å². The third-order valence-electron chi connectivity index (χ3n) is 4.06. The zero-order valence-electron chi connectivity index (χ0n) is 8.06. The van der Waals surface area contributed by atoms with Crippen molar-refractivity contribution in [2.45, 2.75) is 56.2 Å². The average molecular weight is 468 g/mol. The number of hydrogen-bond acceptors (Lipinski definition) is 1. The lowest BCUT2D eigenvalue weighted by Crippen LogP contribution is -2.47. The van der Waals surface area contributed by atoms with Crippen LogP contribution in [0.4, 0.5) is 0 Å². The Morgan fingerprint density at radius 3 is 1.20 bits per heavy atom. The smallest absolute Gasteiger partial charge is 0.100 e. The summed E-state index contributed by atoms with van der Waals surface area (Å²) >= 11 is 15.0. The molecule has 4 unspecified atom stereocenters. The first kappa shape index (κ1) is 11.9. The number of epoxide rings is 1. The van der Waals surface area contributed by atoms with E-state index in [0.717, 1.165) is 25.7 Å². The molecule has 5 heteroatoms. The van der Waals surface area contributed by atoms with Crippen molar-refractivity contribution in [1.82, 2.24) is 0 Å². The Balaban J connectivity index is 1.86. The minimum atomic E-state index is 0.171. The second-order valence-electron chi connectivity index (χ2n) is 4.97. The second kappa shape index (κ2) is 3.69. The van der Waals surface area contributed by atoms with Gasteiger partial charge in [-0.3, -0.25) is 0 Å². The molecule has 86 valence electrons. The lowest BCUT2D eigenvalue weighted by molar-refractivity contribution is 0.265. The van der Waals surface area contributed by atoms with Gasteiger partial charge in [0, 0.05) is 19.3 Å². The highest BCUT2D eigenvalue weighted by molar-refractivity contribution is 9.12. The zero-order valence-corrected chi connectivity index (χ0v) is 14.4. The average Bonchev–Trinajstić information content (AvgIpc) is 2.72. The normalized spacial score (nSPS) is 63.2. The molecule has 0 aromatic rings. The molecule has 2 aliphatic carbocycles. The maximum Gasteiger partial charge on any atom is 0.100 e. The molecule has 0 N–H and O–H groups in total. The van der Waals surface area contributed by atoms with Gasteiger partial charge >= 0.3 is 0 Å². The van der Waals surface area contributed by atoms with Gasteiger partial charge in [-0.05, 0) is 25.7 Å². The van der Waals surface area contributed by atoms with Gasteiger partial charge in [-0.1, -0.05) is 63.7 Å². The molecule has 0 radical (unpaired) electrons. The fourth-order valence-corrected chi connectivity index (χ4v) is 6.04. The van der Waals surface area contributed by atoms with Crippen molar-refractivity contribution in [3.63, 3.8) is 0 Å². The summed E-state index contributed by atoms with van der Waals surface area (Å²) < 4.78 is 6.18. The standard InChI is InChI=1S/C10H12Br4O/c11-5-1-9-2-7(13)8(14)4-10(9,15-9)3-6(5)12/h5-8H,1-4H2. The fraction of sp³-hybridized carbons (Fsp3) is 1.00. The predicted molar refractivity (Wildman–Crippen MR) is 75.9 cm³/mol. The van der Waals surface area contributed by atoms with Gasteiger partial charge in [-0.15, -0.1) is 0 Å². The van der Waals surface area contributed by atoms with Gasteiger partial charge in [-0.2, -0.15) is 0 Å². The molecule has 1 aliphatic heterocycles. The van der Waals surface area contributed by atoms with Crippen LogP contribution in [0.1, 0.15) is 25.7 Å². The van der Waals surface area contributed by atoms with Crippen LogP contribution in [-0.2, 0) is 4.74 Å². The third kappa shape index (κ3) is 1.66. The molecule has 4 atom stereocenters. The summed E-state index contributed by atoms with van der Waals surface area (Å²) in [6, 6.07) is 0. The SMILES string of the molecule is BrC1CC23CC(Br)C(Br)CC2(CC1Br)O3. The Morgan fingerprint density at radius 1 is 0.667 bits per heavy atom. The van der Waals surface area contributed by atoms with E-state index in [2.05, 4.69) is 63.7 Å². The van der Waals surface area contributed by atoms with Crippen molar-refractivity contribution in [3.05, 3.63) is 0 Å². The summed E-state index contributed by atoms with van der Waals surface area (Å²) in [4.78, 5) is 2.22. The molecule has 15 heavy (non-hydrogen) atoms. The van der Waals surface area contributed by atoms with Crippen LogP contribution in [0, 0.1) is 0 Å². The molecule has 1 heterocycles. The Hall–Kier alpha value is 1.88. The summed E-state index contributed by atoms with van der Waals surface area (Å²) in [6.07, 6.45) is 4.57. The van der Waals surface area contributed by atoms with Gasteiger partial charge in [0.2, 0.25) is 0 Å². The minimum Gasteiger partial charge on any atom is -0.362 e. The van der Waals surface area contributed by atoms with Crippen LogP contribution in [-0.4, -0.2) is 30.5 Å². The van der Waals surface area contributed by atoms with E-state index in [4.69, 9.17) is 4.74 Å². The number of ether oxygens (including phenoxy) is 1. The van der Waals surface area contributed by atoms with Crippen LogP contribution < -0.4 is 0 Å². The second-order valence-corrected chi connectivity index (χ2v) is 9.68. The largest absolute Gasteiger partial charge is 0.362 e. The van der Waals surface area contributed by atoms with Gasteiger partial charge in [0.15, 0.2) is 0 Å². The molecule has 3 aliphatic rings. The highest BCUT2D eigenvalue weighted by atomic mass is 79.9. The summed E-state index contributed by atoms with van der Waals surface area (Å²) in [7, 11) is 0. The van der Waals surface area contributed by atoms with E-state index >= 15 is 0 Å². The van der Waals surface area contributed by atoms with Crippen molar-refractivity contribution < 1.29 is 4.74 Å². The van der Waals surface area contributed by atoms with E-state index in [1.807, 2.05) is 0 Å². The number of hydrogen-bond donors (Lipinski definition) is 0. The summed E-state index contributed by atoms with van der Waals surface area (Å²) in [5, 5.41) is 0. The van der Waals surface area contributed by atoms with Crippen LogP contribution >= 0.6 is 63.7 Å². The van der Waals surface area contributed by atoms with E-state index in [1.54, 1.807) is 0 Å². The Kier molecular flexibility index (Phi) is 2.94. The molecule has 1 saturated heterocycles. The van der Waals surface area contributed by atoms with Crippen LogP contribution in [0.25, 0.3) is 0 Å². The summed E-state index contributed by atoms with van der Waals surface area (Å²) in [6.45, 7) is 0. The molecule has 0 aromatic heterocycles. The van der Waals surface area contributed by atoms with Gasteiger partial charge < -0.3 is 4.74 Å². The van der Waals surface area contributed by atoms with Crippen molar-refractivity contribution in [3.8, 4) is 0 Å². The molecule has 2 saturated carbocycles. The number of rotatable bonds is 0. The molecule has 0 spiro atoms. The topological polar surface area (TPSA) is 12.5 Å². The number of halogens is 4. The summed E-state index contributed by atoms with van der Waals surface area (Å²) in [5.74, 6) is 0. The van der Waals surface area contributed by atoms with Crippen molar-refractivity contribution >= 4 is 63.7 Å². The number of alkyl halides is 4. The third-order valence-corrected chi connectivity index (χ3v) is 9.33. The molecular formula is C10H12Br4O. The lowest BCUT2D eigenvalue weighted by Gasteiger charge is -2.38. The Morgan fingerprint density at radius 2 is 0.933 bits per heavy atom. The molecular weight excluding hydrogens is 456 g/mol. The monoisotopic (exact) mass is 464 g/mol. The summed E-state index contributed by atoms with van der Waals surface area (Å²) in [5.41, 5.74) is 0.341. The fourth-order valence-electron chi connectivity index (χ4n) is 3.20. The highest BCUT2D eigenvalue weighted by Gasteiger charge is 2.75. The predicted octanol–water partition coefficient (Wildman–Crippen LogP) is 4.14. The van der Waals surface area contributed by atoms with Crippen molar-refractivity contribution in [2.75, 3.05) is 0 Å². The first-order chi connectivity index (χ1) is 6.98. The van der Waals surface area contributed by atoms with Gasteiger partial charge in [-0.25, -0.2) is 0 Å². The first-order valence-corrected chi connectivity index (χ1v) is 8.91. The lowest BCUT2D eigenvalue weighted by atomic mass is 9.71. The van der Waals surface area contributed by atoms with Crippen LogP contribution in [0.15, 0.2) is 0 Å². The molecule has 0 amide bonds. The molecule has 3 rings (SSSR count). The molecule has 1 nitrogen and oxygen atoms in total. The van der Waals surface area contributed by atoms with Gasteiger partial charge in [0.1, 0.15) is 11.2 Å². The zero-order chi connectivity index (χ0) is 10.8. The van der Waals surface area contributed by atoms with Crippen LogP contribution in [0.5, 0.6) is 0 Å². The van der Waals surface area contributed by atoms with Gasteiger partial charge in [0.05, 0.1) is 0 Å². The van der Waals surface area contributed by atoms with Crippen molar-refractivity contribution in [2.24, 2.45) is 0 Å². The molecule has 0 aromatic carbocycles. The molecule has 3 fully saturated rings. The first-order valence-electron chi connectivity index (χ1n) is 5.24.